The molecule has 1 N–H and O–H groups in total. The zero-order chi connectivity index (χ0) is 18.0. The Hall–Kier alpha value is -2.82. The molecule has 2 aromatic rings. The predicted molar refractivity (Wildman–Crippen MR) is 94.5 cm³/mol. The summed E-state index contributed by atoms with van der Waals surface area (Å²) >= 11 is 0. The van der Waals surface area contributed by atoms with Crippen molar-refractivity contribution in [2.24, 2.45) is 5.41 Å². The van der Waals surface area contributed by atoms with Gasteiger partial charge < -0.3 is 14.8 Å². The highest BCUT2D eigenvalue weighted by Crippen LogP contribution is 2.39. The van der Waals surface area contributed by atoms with Gasteiger partial charge in [-0.25, -0.2) is 9.59 Å². The number of carbonyl (C=O) groups is 2. The number of hydrogen-bond acceptors (Lipinski definition) is 5. The summed E-state index contributed by atoms with van der Waals surface area (Å²) in [6.07, 6.45) is 0.117. The van der Waals surface area contributed by atoms with Crippen molar-refractivity contribution >= 4 is 17.6 Å². The summed E-state index contributed by atoms with van der Waals surface area (Å²) in [5.41, 5.74) is 2.27. The van der Waals surface area contributed by atoms with Crippen molar-refractivity contribution in [2.75, 3.05) is 12.4 Å². The van der Waals surface area contributed by atoms with E-state index in [0.29, 0.717) is 23.2 Å². The van der Waals surface area contributed by atoms with Crippen molar-refractivity contribution in [1.29, 1.82) is 0 Å². The van der Waals surface area contributed by atoms with Crippen molar-refractivity contribution in [3.05, 3.63) is 65.2 Å². The fraction of sp³-hybridized carbons (Fsp3) is 0.300. The van der Waals surface area contributed by atoms with Gasteiger partial charge in [0.2, 0.25) is 0 Å². The van der Waals surface area contributed by atoms with Gasteiger partial charge in [-0.3, -0.25) is 0 Å². The Kier molecular flexibility index (Phi) is 4.49. The molecule has 0 spiro atoms. The first kappa shape index (κ1) is 17.0. The molecular formula is C20H21NO4. The van der Waals surface area contributed by atoms with Crippen LogP contribution in [-0.4, -0.2) is 25.3 Å². The molecule has 0 saturated carbocycles. The van der Waals surface area contributed by atoms with Gasteiger partial charge in [0, 0.05) is 5.41 Å². The van der Waals surface area contributed by atoms with E-state index in [1.54, 1.807) is 30.3 Å². The second kappa shape index (κ2) is 6.59. The molecular weight excluding hydrogens is 318 g/mol. The standard InChI is InChI=1S/C20H21NO4/c1-20(2)12-14-10-7-11-15(18(23)24-3)16(14)21-19(20)25-17(22)13-8-5-4-6-9-13/h4-11,19,21H,12H2,1-3H3. The number of ether oxygens (including phenoxy) is 2. The lowest BCUT2D eigenvalue weighted by molar-refractivity contribution is 0.00133. The molecule has 0 bridgehead atoms. The summed E-state index contributed by atoms with van der Waals surface area (Å²) in [5.74, 6) is -0.817. The summed E-state index contributed by atoms with van der Waals surface area (Å²) in [7, 11) is 1.35. The van der Waals surface area contributed by atoms with E-state index < -0.39 is 18.2 Å². The SMILES string of the molecule is COC(=O)c1cccc2c1NC(OC(=O)c1ccccc1)C(C)(C)C2. The van der Waals surface area contributed by atoms with E-state index in [-0.39, 0.29) is 5.41 Å². The van der Waals surface area contributed by atoms with E-state index >= 15 is 0 Å². The molecule has 3 rings (SSSR count). The van der Waals surface area contributed by atoms with Gasteiger partial charge in [0.05, 0.1) is 23.9 Å². The summed E-state index contributed by atoms with van der Waals surface area (Å²) in [6, 6.07) is 14.4. The van der Waals surface area contributed by atoms with E-state index in [1.807, 2.05) is 32.0 Å². The second-order valence-electron chi connectivity index (χ2n) is 6.79. The van der Waals surface area contributed by atoms with Crippen LogP contribution in [0.15, 0.2) is 48.5 Å². The molecule has 1 atom stereocenters. The lowest BCUT2D eigenvalue weighted by Crippen LogP contribution is -2.45. The third kappa shape index (κ3) is 3.36. The van der Waals surface area contributed by atoms with E-state index in [0.717, 1.165) is 5.56 Å². The molecule has 1 heterocycles. The van der Waals surface area contributed by atoms with E-state index in [2.05, 4.69) is 5.32 Å². The number of benzene rings is 2. The van der Waals surface area contributed by atoms with Crippen LogP contribution >= 0.6 is 0 Å². The minimum Gasteiger partial charge on any atom is -0.465 e. The third-order valence-corrected chi connectivity index (χ3v) is 4.42. The quantitative estimate of drug-likeness (QED) is 0.865. The van der Waals surface area contributed by atoms with Crippen molar-refractivity contribution in [3.8, 4) is 0 Å². The fourth-order valence-electron chi connectivity index (χ4n) is 3.05. The second-order valence-corrected chi connectivity index (χ2v) is 6.79. The van der Waals surface area contributed by atoms with Crippen LogP contribution in [0.1, 0.15) is 40.1 Å². The van der Waals surface area contributed by atoms with Crippen LogP contribution in [0.25, 0.3) is 0 Å². The zero-order valence-corrected chi connectivity index (χ0v) is 14.5. The number of hydrogen-bond donors (Lipinski definition) is 1. The van der Waals surface area contributed by atoms with Crippen LogP contribution in [-0.2, 0) is 15.9 Å². The number of nitrogens with one attached hydrogen (secondary N) is 1. The molecule has 25 heavy (non-hydrogen) atoms. The highest BCUT2D eigenvalue weighted by molar-refractivity contribution is 5.97. The average molecular weight is 339 g/mol. The van der Waals surface area contributed by atoms with Gasteiger partial charge in [0.25, 0.3) is 0 Å². The molecule has 130 valence electrons. The Labute approximate surface area is 147 Å². The van der Waals surface area contributed by atoms with Crippen LogP contribution < -0.4 is 5.32 Å². The Morgan fingerprint density at radius 3 is 2.44 bits per heavy atom. The molecule has 0 amide bonds. The topological polar surface area (TPSA) is 64.6 Å². The molecule has 0 radical (unpaired) electrons. The van der Waals surface area contributed by atoms with Crippen molar-refractivity contribution < 1.29 is 19.1 Å². The maximum atomic E-state index is 12.4. The minimum atomic E-state index is -0.557. The van der Waals surface area contributed by atoms with Crippen LogP contribution in [0.5, 0.6) is 0 Å². The summed E-state index contributed by atoms with van der Waals surface area (Å²) in [5, 5.41) is 3.23. The molecule has 1 aliphatic heterocycles. The van der Waals surface area contributed by atoms with E-state index in [9.17, 15) is 9.59 Å². The van der Waals surface area contributed by atoms with Crippen molar-refractivity contribution in [1.82, 2.24) is 0 Å². The highest BCUT2D eigenvalue weighted by atomic mass is 16.6. The molecule has 2 aromatic carbocycles. The first-order chi connectivity index (χ1) is 11.9. The van der Waals surface area contributed by atoms with Crippen LogP contribution in [0.4, 0.5) is 5.69 Å². The van der Waals surface area contributed by atoms with Gasteiger partial charge in [0.1, 0.15) is 0 Å². The van der Waals surface area contributed by atoms with Crippen LogP contribution in [0.2, 0.25) is 0 Å². The Bertz CT molecular complexity index is 799. The maximum Gasteiger partial charge on any atom is 0.340 e. The molecule has 0 fully saturated rings. The molecule has 5 nitrogen and oxygen atoms in total. The molecule has 0 aliphatic carbocycles. The molecule has 1 unspecified atom stereocenters. The van der Waals surface area contributed by atoms with Gasteiger partial charge in [-0.2, -0.15) is 0 Å². The average Bonchev–Trinajstić information content (AvgIpc) is 2.61. The Morgan fingerprint density at radius 2 is 1.76 bits per heavy atom. The lowest BCUT2D eigenvalue weighted by atomic mass is 9.79. The van der Waals surface area contributed by atoms with Crippen LogP contribution in [0, 0.1) is 5.41 Å². The number of methoxy groups -OCH3 is 1. The van der Waals surface area contributed by atoms with Gasteiger partial charge in [-0.1, -0.05) is 44.2 Å². The highest BCUT2D eigenvalue weighted by Gasteiger charge is 2.39. The number of carbonyl (C=O) groups excluding carboxylic acids is 2. The lowest BCUT2D eigenvalue weighted by Gasteiger charge is -2.40. The van der Waals surface area contributed by atoms with E-state index in [4.69, 9.17) is 9.47 Å². The zero-order valence-electron chi connectivity index (χ0n) is 14.5. The van der Waals surface area contributed by atoms with Gasteiger partial charge in [-0.15, -0.1) is 0 Å². The first-order valence-electron chi connectivity index (χ1n) is 8.15. The first-order valence-corrected chi connectivity index (χ1v) is 8.15. The monoisotopic (exact) mass is 339 g/mol. The van der Waals surface area contributed by atoms with E-state index in [1.165, 1.54) is 7.11 Å². The maximum absolute atomic E-state index is 12.4. The Balaban J connectivity index is 1.90. The molecule has 1 aliphatic rings. The van der Waals surface area contributed by atoms with Gasteiger partial charge in [0.15, 0.2) is 6.23 Å². The summed E-state index contributed by atoms with van der Waals surface area (Å²) in [6.45, 7) is 4.05. The molecule has 5 heteroatoms. The predicted octanol–water partition coefficient (Wildman–Crippen LogP) is 3.65. The number of rotatable bonds is 3. The van der Waals surface area contributed by atoms with Crippen LogP contribution in [0.3, 0.4) is 0 Å². The van der Waals surface area contributed by atoms with Gasteiger partial charge >= 0.3 is 11.9 Å². The normalized spacial score (nSPS) is 17.8. The largest absolute Gasteiger partial charge is 0.465 e. The smallest absolute Gasteiger partial charge is 0.340 e. The number of esters is 2. The number of fused-ring (bicyclic) bond motifs is 1. The summed E-state index contributed by atoms with van der Waals surface area (Å²) < 4.78 is 10.6. The van der Waals surface area contributed by atoms with Crippen molar-refractivity contribution in [3.63, 3.8) is 0 Å². The fourth-order valence-corrected chi connectivity index (χ4v) is 3.05. The Morgan fingerprint density at radius 1 is 1.04 bits per heavy atom. The van der Waals surface area contributed by atoms with Gasteiger partial charge in [-0.05, 0) is 30.2 Å². The minimum absolute atomic E-state index is 0.327. The van der Waals surface area contributed by atoms with Crippen molar-refractivity contribution in [2.45, 2.75) is 26.5 Å². The molecule has 0 aromatic heterocycles. The third-order valence-electron chi connectivity index (χ3n) is 4.42. The summed E-state index contributed by atoms with van der Waals surface area (Å²) in [4.78, 5) is 24.5. The molecule has 0 saturated heterocycles. The number of anilines is 1. The number of para-hydroxylation sites is 1.